The summed E-state index contributed by atoms with van der Waals surface area (Å²) in [5.74, 6) is -0.479. The van der Waals surface area contributed by atoms with Gasteiger partial charge in [-0.25, -0.2) is 4.39 Å². The van der Waals surface area contributed by atoms with E-state index in [1.807, 2.05) is 31.2 Å². The number of hydrogen-bond acceptors (Lipinski definition) is 3. The minimum atomic E-state index is -0.750. The second-order valence-corrected chi connectivity index (χ2v) is 7.22. The zero-order valence-corrected chi connectivity index (χ0v) is 18.0. The van der Waals surface area contributed by atoms with Crippen molar-refractivity contribution in [1.82, 2.24) is 10.2 Å². The van der Waals surface area contributed by atoms with Gasteiger partial charge in [-0.05, 0) is 43.5 Å². The number of carbonyl (C=O) groups excluding carboxylic acids is 2. The van der Waals surface area contributed by atoms with Crippen LogP contribution in [0, 0.1) is 5.82 Å². The summed E-state index contributed by atoms with van der Waals surface area (Å²) in [4.78, 5) is 26.8. The van der Waals surface area contributed by atoms with Gasteiger partial charge >= 0.3 is 0 Å². The maximum absolute atomic E-state index is 14.2. The van der Waals surface area contributed by atoms with E-state index < -0.39 is 11.9 Å². The molecule has 0 saturated carbocycles. The molecule has 162 valence electrons. The van der Waals surface area contributed by atoms with Crippen LogP contribution in [0.4, 0.5) is 4.39 Å². The first kappa shape index (κ1) is 23.4. The van der Waals surface area contributed by atoms with Crippen molar-refractivity contribution < 1.29 is 18.7 Å². The Balaban J connectivity index is 2.10. The zero-order valence-electron chi connectivity index (χ0n) is 18.0. The number of benzene rings is 2. The first-order valence-corrected chi connectivity index (χ1v) is 10.5. The van der Waals surface area contributed by atoms with Gasteiger partial charge in [0, 0.05) is 18.7 Å². The van der Waals surface area contributed by atoms with E-state index in [2.05, 4.69) is 12.2 Å². The number of carbonyl (C=O) groups is 2. The highest BCUT2D eigenvalue weighted by molar-refractivity contribution is 5.87. The van der Waals surface area contributed by atoms with Crippen LogP contribution in [-0.2, 0) is 22.6 Å². The average Bonchev–Trinajstić information content (AvgIpc) is 2.77. The molecule has 2 rings (SSSR count). The van der Waals surface area contributed by atoms with E-state index in [0.29, 0.717) is 17.9 Å². The molecule has 0 aliphatic rings. The predicted octanol–water partition coefficient (Wildman–Crippen LogP) is 4.10. The van der Waals surface area contributed by atoms with Crippen molar-refractivity contribution in [3.63, 3.8) is 0 Å². The number of nitrogens with zero attached hydrogens (tertiary/aromatic N) is 1. The van der Waals surface area contributed by atoms with Crippen molar-refractivity contribution in [2.24, 2.45) is 0 Å². The molecule has 2 aromatic rings. The summed E-state index contributed by atoms with van der Waals surface area (Å²) in [6.45, 7) is 6.05. The molecular weight excluding hydrogens is 383 g/mol. The molecule has 0 aliphatic heterocycles. The number of aryl methyl sites for hydroxylation is 1. The Morgan fingerprint density at radius 3 is 2.43 bits per heavy atom. The summed E-state index contributed by atoms with van der Waals surface area (Å²) >= 11 is 0. The second kappa shape index (κ2) is 12.0. The molecule has 6 heteroatoms. The smallest absolute Gasteiger partial charge is 0.261 e. The summed E-state index contributed by atoms with van der Waals surface area (Å²) < 4.78 is 19.8. The monoisotopic (exact) mass is 414 g/mol. The predicted molar refractivity (Wildman–Crippen MR) is 116 cm³/mol. The number of unbranched alkanes of at least 4 members (excludes halogenated alkanes) is 1. The quantitative estimate of drug-likeness (QED) is 0.563. The van der Waals surface area contributed by atoms with E-state index in [4.69, 9.17) is 4.74 Å². The van der Waals surface area contributed by atoms with E-state index in [-0.39, 0.29) is 25.0 Å². The highest BCUT2D eigenvalue weighted by Gasteiger charge is 2.27. The van der Waals surface area contributed by atoms with Crippen LogP contribution in [0.15, 0.2) is 48.5 Å². The minimum Gasteiger partial charge on any atom is -0.484 e. The van der Waals surface area contributed by atoms with Crippen LogP contribution in [0.2, 0.25) is 0 Å². The first-order valence-electron chi connectivity index (χ1n) is 10.5. The van der Waals surface area contributed by atoms with Crippen molar-refractivity contribution in [2.45, 2.75) is 52.6 Å². The van der Waals surface area contributed by atoms with Crippen LogP contribution in [0.5, 0.6) is 5.75 Å². The van der Waals surface area contributed by atoms with Crippen molar-refractivity contribution in [3.05, 3.63) is 65.5 Å². The second-order valence-electron chi connectivity index (χ2n) is 7.22. The van der Waals surface area contributed by atoms with Crippen molar-refractivity contribution >= 4 is 11.8 Å². The maximum atomic E-state index is 14.2. The van der Waals surface area contributed by atoms with Crippen LogP contribution in [0.3, 0.4) is 0 Å². The lowest BCUT2D eigenvalue weighted by Gasteiger charge is -2.29. The third kappa shape index (κ3) is 6.87. The van der Waals surface area contributed by atoms with Gasteiger partial charge < -0.3 is 15.0 Å². The van der Waals surface area contributed by atoms with Crippen molar-refractivity contribution in [1.29, 1.82) is 0 Å². The van der Waals surface area contributed by atoms with Gasteiger partial charge in [-0.1, -0.05) is 50.6 Å². The Bertz CT molecular complexity index is 823. The lowest BCUT2D eigenvalue weighted by Crippen LogP contribution is -2.49. The summed E-state index contributed by atoms with van der Waals surface area (Å²) in [5, 5.41) is 2.84. The third-order valence-corrected chi connectivity index (χ3v) is 4.99. The number of rotatable bonds is 11. The van der Waals surface area contributed by atoms with Crippen molar-refractivity contribution in [3.8, 4) is 5.75 Å². The van der Waals surface area contributed by atoms with Gasteiger partial charge in [-0.3, -0.25) is 9.59 Å². The summed E-state index contributed by atoms with van der Waals surface area (Å²) in [7, 11) is 0. The van der Waals surface area contributed by atoms with Gasteiger partial charge in [0.1, 0.15) is 17.6 Å². The number of halogens is 1. The van der Waals surface area contributed by atoms with Gasteiger partial charge in [0.25, 0.3) is 5.91 Å². The molecule has 1 N–H and O–H groups in total. The highest BCUT2D eigenvalue weighted by atomic mass is 19.1. The first-order chi connectivity index (χ1) is 14.5. The molecular formula is C24H31FN2O3. The summed E-state index contributed by atoms with van der Waals surface area (Å²) in [6, 6.07) is 13.0. The molecule has 0 radical (unpaired) electrons. The number of ether oxygens (including phenoxy) is 1. The van der Waals surface area contributed by atoms with E-state index >= 15 is 0 Å². The maximum Gasteiger partial charge on any atom is 0.261 e. The van der Waals surface area contributed by atoms with Crippen LogP contribution in [-0.4, -0.2) is 35.9 Å². The zero-order chi connectivity index (χ0) is 21.9. The minimum absolute atomic E-state index is 0.00793. The lowest BCUT2D eigenvalue weighted by molar-refractivity contribution is -0.142. The Labute approximate surface area is 178 Å². The lowest BCUT2D eigenvalue weighted by atomic mass is 10.1. The molecule has 5 nitrogen and oxygen atoms in total. The third-order valence-electron chi connectivity index (χ3n) is 4.99. The molecule has 0 spiro atoms. The fourth-order valence-electron chi connectivity index (χ4n) is 2.98. The van der Waals surface area contributed by atoms with E-state index in [9.17, 15) is 14.0 Å². The van der Waals surface area contributed by atoms with Gasteiger partial charge in [0.15, 0.2) is 6.61 Å². The Kier molecular flexibility index (Phi) is 9.32. The van der Waals surface area contributed by atoms with Crippen molar-refractivity contribution in [2.75, 3.05) is 13.2 Å². The Morgan fingerprint density at radius 1 is 1.10 bits per heavy atom. The van der Waals surface area contributed by atoms with E-state index in [1.54, 1.807) is 25.1 Å². The number of amides is 2. The largest absolute Gasteiger partial charge is 0.484 e. The molecule has 0 aromatic heterocycles. The van der Waals surface area contributed by atoms with Crippen LogP contribution in [0.25, 0.3) is 0 Å². The van der Waals surface area contributed by atoms with Gasteiger partial charge in [0.05, 0.1) is 0 Å². The molecule has 30 heavy (non-hydrogen) atoms. The molecule has 0 heterocycles. The average molecular weight is 415 g/mol. The van der Waals surface area contributed by atoms with Crippen LogP contribution >= 0.6 is 0 Å². The molecule has 1 unspecified atom stereocenters. The normalized spacial score (nSPS) is 11.6. The molecule has 2 amide bonds. The molecule has 0 bridgehead atoms. The standard InChI is InChI=1S/C24H31FN2O3/c1-4-6-15-26-24(29)18(3)27(16-20-9-7-8-10-22(20)25)23(28)17-30-21-13-11-19(5-2)12-14-21/h7-14,18H,4-6,15-17H2,1-3H3,(H,26,29). The topological polar surface area (TPSA) is 58.6 Å². The Hall–Kier alpha value is -2.89. The van der Waals surface area contributed by atoms with Gasteiger partial charge in [0.2, 0.25) is 5.91 Å². The SMILES string of the molecule is CCCCNC(=O)C(C)N(Cc1ccccc1F)C(=O)COc1ccc(CC)cc1. The van der Waals surface area contributed by atoms with Gasteiger partial charge in [-0.2, -0.15) is 0 Å². The summed E-state index contributed by atoms with van der Waals surface area (Å²) in [6.07, 6.45) is 2.73. The Morgan fingerprint density at radius 2 is 1.80 bits per heavy atom. The fourth-order valence-corrected chi connectivity index (χ4v) is 2.98. The molecule has 0 fully saturated rings. The van der Waals surface area contributed by atoms with Crippen LogP contribution < -0.4 is 10.1 Å². The molecule has 2 aromatic carbocycles. The van der Waals surface area contributed by atoms with E-state index in [1.165, 1.54) is 16.5 Å². The molecule has 0 saturated heterocycles. The molecule has 0 aliphatic carbocycles. The van der Waals surface area contributed by atoms with E-state index in [0.717, 1.165) is 19.3 Å². The highest BCUT2D eigenvalue weighted by Crippen LogP contribution is 2.16. The fraction of sp³-hybridized carbons (Fsp3) is 0.417. The van der Waals surface area contributed by atoms with Crippen LogP contribution in [0.1, 0.15) is 44.7 Å². The van der Waals surface area contributed by atoms with Gasteiger partial charge in [-0.15, -0.1) is 0 Å². The number of hydrogen-bond donors (Lipinski definition) is 1. The molecule has 1 atom stereocenters. The summed E-state index contributed by atoms with van der Waals surface area (Å²) in [5.41, 5.74) is 1.53. The number of nitrogens with one attached hydrogen (secondary N) is 1.